The third-order valence-corrected chi connectivity index (χ3v) is 6.66. The van der Waals surface area contributed by atoms with Crippen molar-refractivity contribution < 1.29 is 43.4 Å². The maximum Gasteiger partial charge on any atom is 2.00 e. The summed E-state index contributed by atoms with van der Waals surface area (Å²) >= 11 is 6.57. The summed E-state index contributed by atoms with van der Waals surface area (Å²) in [5, 5.41) is 0.639. The van der Waals surface area contributed by atoms with E-state index in [2.05, 4.69) is 65.8 Å². The normalized spacial score (nSPS) is 11.4. The number of benzene rings is 2. The van der Waals surface area contributed by atoms with Gasteiger partial charge >= 0.3 is 18.6 Å². The van der Waals surface area contributed by atoms with Crippen LogP contribution in [0.4, 0.5) is 11.4 Å². The van der Waals surface area contributed by atoms with Crippen LogP contribution in [-0.2, 0) is 44.2 Å². The average molecular weight is 610 g/mol. The molecule has 7 heteroatoms. The number of halogens is 3. The zero-order valence-corrected chi connectivity index (χ0v) is 27.4. The Hall–Kier alpha value is -1.62. The minimum Gasteiger partial charge on any atom is -1.00 e. The first-order valence-electron chi connectivity index (χ1n) is 12.7. The van der Waals surface area contributed by atoms with Gasteiger partial charge < -0.3 is 24.8 Å². The fourth-order valence-corrected chi connectivity index (χ4v) is 4.76. The summed E-state index contributed by atoms with van der Waals surface area (Å²) in [4.78, 5) is 15.1. The SMILES string of the molecule is CCc1cc(C)cc(CC)c1N=C(C)c1cc(Cl)cc(C(C)=Nc2c(CC)cc(C)cc2CC)n1.[Cl-].[Cl-].[V+2]. The van der Waals surface area contributed by atoms with Gasteiger partial charge in [-0.3, -0.25) is 9.98 Å². The average Bonchev–Trinajstić information content (AvgIpc) is 2.84. The van der Waals surface area contributed by atoms with Crippen LogP contribution in [-0.4, -0.2) is 16.4 Å². The van der Waals surface area contributed by atoms with E-state index in [1.54, 1.807) is 0 Å². The van der Waals surface area contributed by atoms with Crippen molar-refractivity contribution in [1.29, 1.82) is 0 Å². The molecule has 0 amide bonds. The summed E-state index contributed by atoms with van der Waals surface area (Å²) < 4.78 is 0. The Morgan fingerprint density at radius 1 is 0.632 bits per heavy atom. The van der Waals surface area contributed by atoms with Crippen molar-refractivity contribution in [1.82, 2.24) is 4.98 Å². The topological polar surface area (TPSA) is 37.6 Å². The van der Waals surface area contributed by atoms with E-state index in [4.69, 9.17) is 26.6 Å². The van der Waals surface area contributed by atoms with Gasteiger partial charge in [0.2, 0.25) is 0 Å². The molecule has 0 spiro atoms. The third-order valence-electron chi connectivity index (χ3n) is 6.44. The minimum absolute atomic E-state index is 0. The summed E-state index contributed by atoms with van der Waals surface area (Å²) in [7, 11) is 0. The zero-order chi connectivity index (χ0) is 25.7. The number of aromatic nitrogens is 1. The molecule has 0 bridgehead atoms. The summed E-state index contributed by atoms with van der Waals surface area (Å²) in [5.41, 5.74) is 13.0. The fourth-order valence-electron chi connectivity index (χ4n) is 4.55. The van der Waals surface area contributed by atoms with Crippen LogP contribution in [0.25, 0.3) is 0 Å². The molecular weight excluding hydrogens is 572 g/mol. The van der Waals surface area contributed by atoms with Gasteiger partial charge in [0.05, 0.1) is 34.2 Å². The van der Waals surface area contributed by atoms with Gasteiger partial charge in [0.25, 0.3) is 0 Å². The Morgan fingerprint density at radius 2 is 0.921 bits per heavy atom. The van der Waals surface area contributed by atoms with Gasteiger partial charge in [-0.2, -0.15) is 0 Å². The fraction of sp³-hybridized carbons (Fsp3) is 0.387. The van der Waals surface area contributed by atoms with Crippen molar-refractivity contribution in [3.63, 3.8) is 0 Å². The van der Waals surface area contributed by atoms with E-state index in [9.17, 15) is 0 Å². The Kier molecular flexibility index (Phi) is 15.8. The molecular formula is C31H38Cl3N3V. The second kappa shape index (κ2) is 16.5. The molecule has 0 fully saturated rings. The van der Waals surface area contributed by atoms with E-state index in [-0.39, 0.29) is 43.4 Å². The van der Waals surface area contributed by atoms with E-state index in [0.29, 0.717) is 5.02 Å². The first-order valence-corrected chi connectivity index (χ1v) is 13.1. The Balaban J connectivity index is 0.00000456. The molecule has 0 saturated carbocycles. The molecule has 0 unspecified atom stereocenters. The molecule has 0 saturated heterocycles. The van der Waals surface area contributed by atoms with Crippen LogP contribution in [0.1, 0.15) is 86.3 Å². The maximum absolute atomic E-state index is 6.57. The first-order chi connectivity index (χ1) is 16.7. The maximum atomic E-state index is 6.57. The Labute approximate surface area is 258 Å². The molecule has 0 atom stereocenters. The Morgan fingerprint density at radius 3 is 1.18 bits per heavy atom. The predicted octanol–water partition coefficient (Wildman–Crippen LogP) is 2.89. The summed E-state index contributed by atoms with van der Waals surface area (Å²) in [6, 6.07) is 12.7. The molecule has 0 aliphatic carbocycles. The largest absolute Gasteiger partial charge is 2.00 e. The van der Waals surface area contributed by atoms with Crippen molar-refractivity contribution in [2.45, 2.75) is 81.1 Å². The second-order valence-corrected chi connectivity index (χ2v) is 9.66. The number of hydrogen-bond acceptors (Lipinski definition) is 3. The molecule has 38 heavy (non-hydrogen) atoms. The smallest absolute Gasteiger partial charge is 1.00 e. The number of nitrogens with zero attached hydrogens (tertiary/aromatic N) is 3. The molecule has 1 aromatic heterocycles. The van der Waals surface area contributed by atoms with Gasteiger partial charge in [-0.15, -0.1) is 0 Å². The Bertz CT molecular complexity index is 1150. The number of aryl methyl sites for hydroxylation is 6. The van der Waals surface area contributed by atoms with Crippen LogP contribution >= 0.6 is 11.6 Å². The van der Waals surface area contributed by atoms with Crippen LogP contribution in [0.3, 0.4) is 0 Å². The van der Waals surface area contributed by atoms with Crippen molar-refractivity contribution in [3.05, 3.63) is 86.2 Å². The van der Waals surface area contributed by atoms with Crippen molar-refractivity contribution in [2.75, 3.05) is 0 Å². The van der Waals surface area contributed by atoms with E-state index >= 15 is 0 Å². The van der Waals surface area contributed by atoms with Gasteiger partial charge in [0, 0.05) is 5.02 Å². The molecule has 1 radical (unpaired) electrons. The number of hydrogen-bond donors (Lipinski definition) is 0. The molecule has 3 rings (SSSR count). The molecule has 3 nitrogen and oxygen atoms in total. The standard InChI is InChI=1S/C31H38ClN3.2ClH.V/c1-9-23-13-19(5)14-24(10-2)30(23)33-21(7)28-17-27(32)18-29(35-28)22(8)34-31-25(11-3)15-20(6)16-26(31)12-4;;;/h13-18H,9-12H2,1-8H3;2*1H;/q;;;+2/p-2. The van der Waals surface area contributed by atoms with Gasteiger partial charge in [-0.1, -0.05) is 74.7 Å². The number of pyridine rings is 1. The number of aliphatic imine (C=N–C) groups is 2. The quantitative estimate of drug-likeness (QED) is 0.362. The third kappa shape index (κ3) is 8.70. The molecule has 3 aromatic rings. The van der Waals surface area contributed by atoms with E-state index in [0.717, 1.165) is 59.9 Å². The van der Waals surface area contributed by atoms with Crippen LogP contribution in [0, 0.1) is 13.8 Å². The molecule has 203 valence electrons. The summed E-state index contributed by atoms with van der Waals surface area (Å²) in [6.45, 7) is 17.0. The van der Waals surface area contributed by atoms with Crippen LogP contribution < -0.4 is 24.8 Å². The summed E-state index contributed by atoms with van der Waals surface area (Å²) in [6.07, 6.45) is 3.77. The molecule has 1 heterocycles. The minimum atomic E-state index is 0. The summed E-state index contributed by atoms with van der Waals surface area (Å²) in [5.74, 6) is 0. The molecule has 0 aliphatic rings. The monoisotopic (exact) mass is 608 g/mol. The van der Waals surface area contributed by atoms with Crippen molar-refractivity contribution >= 4 is 34.4 Å². The van der Waals surface area contributed by atoms with Crippen molar-refractivity contribution in [3.8, 4) is 0 Å². The zero-order valence-electron chi connectivity index (χ0n) is 23.7. The van der Waals surface area contributed by atoms with Crippen LogP contribution in [0.5, 0.6) is 0 Å². The van der Waals surface area contributed by atoms with Crippen LogP contribution in [0.2, 0.25) is 5.02 Å². The second-order valence-electron chi connectivity index (χ2n) is 9.23. The molecule has 0 N–H and O–H groups in total. The van der Waals surface area contributed by atoms with Gasteiger partial charge in [-0.05, 0) is 87.8 Å². The molecule has 0 aliphatic heterocycles. The predicted molar refractivity (Wildman–Crippen MR) is 153 cm³/mol. The van der Waals surface area contributed by atoms with Gasteiger partial charge in [0.1, 0.15) is 0 Å². The van der Waals surface area contributed by atoms with E-state index in [1.807, 2.05) is 26.0 Å². The van der Waals surface area contributed by atoms with Crippen LogP contribution in [0.15, 0.2) is 46.4 Å². The van der Waals surface area contributed by atoms with Crippen molar-refractivity contribution in [2.24, 2.45) is 9.98 Å². The molecule has 2 aromatic carbocycles. The van der Waals surface area contributed by atoms with E-state index in [1.165, 1.54) is 33.4 Å². The van der Waals surface area contributed by atoms with Gasteiger partial charge in [0.15, 0.2) is 0 Å². The number of rotatable bonds is 8. The van der Waals surface area contributed by atoms with E-state index < -0.39 is 0 Å². The van der Waals surface area contributed by atoms with Gasteiger partial charge in [-0.25, -0.2) is 4.98 Å². The first kappa shape index (κ1) is 36.4.